The van der Waals surface area contributed by atoms with E-state index in [2.05, 4.69) is 5.32 Å². The molecule has 0 aromatic heterocycles. The molecule has 0 spiro atoms. The van der Waals surface area contributed by atoms with Crippen LogP contribution in [-0.4, -0.2) is 52.6 Å². The Labute approximate surface area is 166 Å². The second-order valence-electron chi connectivity index (χ2n) is 5.22. The van der Waals surface area contributed by atoms with Crippen LogP contribution in [0, 0.1) is 0 Å². The van der Waals surface area contributed by atoms with E-state index in [1.54, 1.807) is 24.3 Å². The lowest BCUT2D eigenvalue weighted by Crippen LogP contribution is -2.43. The van der Waals surface area contributed by atoms with E-state index in [-0.39, 0.29) is 5.75 Å². The van der Waals surface area contributed by atoms with Gasteiger partial charge in [0, 0.05) is 16.8 Å². The van der Waals surface area contributed by atoms with Gasteiger partial charge < -0.3 is 24.6 Å². The molecule has 0 aliphatic rings. The van der Waals surface area contributed by atoms with Gasteiger partial charge in [-0.1, -0.05) is 19.1 Å². The molecule has 27 heavy (non-hydrogen) atoms. The molecule has 11 heteroatoms. The van der Waals surface area contributed by atoms with E-state index in [0.717, 1.165) is 11.8 Å². The second kappa shape index (κ2) is 11.3. The van der Waals surface area contributed by atoms with E-state index in [4.69, 9.17) is 26.0 Å². The van der Waals surface area contributed by atoms with Crippen LogP contribution in [0.25, 0.3) is 0 Å². The minimum Gasteiger partial charge on any atom is -0.481 e. The molecule has 0 saturated carbocycles. The van der Waals surface area contributed by atoms with E-state index < -0.39 is 36.8 Å². The Balaban J connectivity index is 2.85. The van der Waals surface area contributed by atoms with E-state index in [1.165, 1.54) is 0 Å². The number of hydrogen-bond acceptors (Lipinski definition) is 7. The fourth-order valence-corrected chi connectivity index (χ4v) is 4.74. The van der Waals surface area contributed by atoms with Crippen molar-refractivity contribution < 1.29 is 33.6 Å². The highest BCUT2D eigenvalue weighted by molar-refractivity contribution is 8.10. The van der Waals surface area contributed by atoms with Crippen molar-refractivity contribution in [2.75, 3.05) is 18.5 Å². The third-order valence-corrected chi connectivity index (χ3v) is 7.51. The number of thioether (sulfide) groups is 1. The lowest BCUT2D eigenvalue weighted by atomic mass is 10.3. The molecule has 0 fully saturated rings. The van der Waals surface area contributed by atoms with Crippen molar-refractivity contribution in [2.24, 2.45) is 0 Å². The van der Waals surface area contributed by atoms with Crippen LogP contribution in [0.5, 0.6) is 5.75 Å². The summed E-state index contributed by atoms with van der Waals surface area (Å²) in [5.41, 5.74) is 0. The van der Waals surface area contributed by atoms with Gasteiger partial charge in [-0.3, -0.25) is 9.59 Å². The number of para-hydroxylation sites is 1. The summed E-state index contributed by atoms with van der Waals surface area (Å²) in [6.07, 6.45) is -0.250. The molecule has 8 nitrogen and oxygen atoms in total. The Bertz CT molecular complexity index is 728. The monoisotopic (exact) mass is 435 g/mol. The van der Waals surface area contributed by atoms with Gasteiger partial charge in [0.2, 0.25) is 12.4 Å². The predicted molar refractivity (Wildman–Crippen MR) is 106 cm³/mol. The first-order valence-electron chi connectivity index (χ1n) is 8.09. The molecule has 0 heterocycles. The van der Waals surface area contributed by atoms with Crippen molar-refractivity contribution in [1.82, 2.24) is 5.32 Å². The van der Waals surface area contributed by atoms with E-state index in [0.29, 0.717) is 23.4 Å². The Morgan fingerprint density at radius 1 is 1.26 bits per heavy atom. The van der Waals surface area contributed by atoms with Crippen molar-refractivity contribution >= 4 is 47.9 Å². The van der Waals surface area contributed by atoms with Crippen LogP contribution in [0.3, 0.4) is 0 Å². The first kappa shape index (κ1) is 23.4. The number of amides is 1. The molecule has 0 radical (unpaired) electrons. The molecule has 1 aromatic carbocycles. The van der Waals surface area contributed by atoms with Gasteiger partial charge in [-0.15, -0.1) is 11.8 Å². The van der Waals surface area contributed by atoms with Crippen molar-refractivity contribution in [1.29, 1.82) is 0 Å². The van der Waals surface area contributed by atoms with Crippen LogP contribution in [0.1, 0.15) is 20.3 Å². The Hall–Kier alpha value is -1.61. The van der Waals surface area contributed by atoms with Crippen LogP contribution < -0.4 is 9.84 Å². The molecule has 0 bridgehead atoms. The normalized spacial score (nSPS) is 14.0. The number of carboxylic acid groups (broad SMARTS) is 2. The average molecular weight is 435 g/mol. The SMILES string of the molecule is CCOP(=S)(CC)Oc1ccccc1SCC(NC(=O)CC(=O)O)C(=O)O. The van der Waals surface area contributed by atoms with Crippen molar-refractivity contribution in [3.8, 4) is 5.75 Å². The molecule has 0 aliphatic carbocycles. The number of nitrogens with one attached hydrogen (secondary N) is 1. The highest BCUT2D eigenvalue weighted by Gasteiger charge is 2.23. The van der Waals surface area contributed by atoms with Crippen LogP contribution in [0.4, 0.5) is 0 Å². The summed E-state index contributed by atoms with van der Waals surface area (Å²) in [5.74, 6) is -2.97. The lowest BCUT2D eigenvalue weighted by Gasteiger charge is -2.22. The van der Waals surface area contributed by atoms with Gasteiger partial charge in [-0.05, 0) is 30.9 Å². The molecule has 150 valence electrons. The third kappa shape index (κ3) is 8.30. The fraction of sp³-hybridized carbons (Fsp3) is 0.438. The molecule has 0 aliphatic heterocycles. The number of benzene rings is 1. The summed E-state index contributed by atoms with van der Waals surface area (Å²) in [7, 11) is 0. The number of carbonyl (C=O) groups is 3. The first-order chi connectivity index (χ1) is 12.7. The third-order valence-electron chi connectivity index (χ3n) is 3.15. The van der Waals surface area contributed by atoms with Gasteiger partial charge in [0.15, 0.2) is 0 Å². The van der Waals surface area contributed by atoms with Crippen molar-refractivity contribution in [2.45, 2.75) is 31.2 Å². The molecule has 2 atom stereocenters. The molecule has 1 aromatic rings. The number of aliphatic carboxylic acids is 2. The van der Waals surface area contributed by atoms with Gasteiger partial charge in [0.1, 0.15) is 18.2 Å². The molecule has 1 amide bonds. The van der Waals surface area contributed by atoms with Crippen LogP contribution in [-0.2, 0) is 30.7 Å². The van der Waals surface area contributed by atoms with E-state index in [1.807, 2.05) is 13.8 Å². The molecule has 1 rings (SSSR count). The Morgan fingerprint density at radius 2 is 1.93 bits per heavy atom. The quantitative estimate of drug-likeness (QED) is 0.258. The lowest BCUT2D eigenvalue weighted by molar-refractivity contribution is -0.144. The summed E-state index contributed by atoms with van der Waals surface area (Å²) in [6, 6.07) is 5.76. The summed E-state index contributed by atoms with van der Waals surface area (Å²) < 4.78 is 11.5. The zero-order valence-corrected chi connectivity index (χ0v) is 17.4. The van der Waals surface area contributed by atoms with Gasteiger partial charge in [-0.2, -0.15) is 0 Å². The number of carboxylic acids is 2. The van der Waals surface area contributed by atoms with Crippen molar-refractivity contribution in [3.63, 3.8) is 0 Å². The zero-order valence-electron chi connectivity index (χ0n) is 14.9. The standard InChI is InChI=1S/C16H22NO7PS2/c1-3-23-25(26,4-2)24-12-7-5-6-8-13(12)27-10-11(16(21)22)17-14(18)9-15(19)20/h5-8,11H,3-4,9-10H2,1-2H3,(H,17,18)(H,19,20)(H,21,22). The van der Waals surface area contributed by atoms with E-state index in [9.17, 15) is 19.5 Å². The maximum atomic E-state index is 11.5. The zero-order chi connectivity index (χ0) is 20.4. The number of hydrogen-bond donors (Lipinski definition) is 3. The molecule has 2 unspecified atom stereocenters. The second-order valence-corrected chi connectivity index (χ2v) is 10.2. The molecule has 3 N–H and O–H groups in total. The minimum absolute atomic E-state index is 0.00923. The van der Waals surface area contributed by atoms with Gasteiger partial charge in [0.05, 0.1) is 6.61 Å². The maximum Gasteiger partial charge on any atom is 0.327 e. The average Bonchev–Trinajstić information content (AvgIpc) is 2.59. The Kier molecular flexibility index (Phi) is 9.79. The fourth-order valence-electron chi connectivity index (χ4n) is 1.90. The largest absolute Gasteiger partial charge is 0.481 e. The highest BCUT2D eigenvalue weighted by atomic mass is 32.5. The summed E-state index contributed by atoms with van der Waals surface area (Å²) in [6.45, 7) is 1.65. The predicted octanol–water partition coefficient (Wildman–Crippen LogP) is 2.57. The molecular formula is C16H22NO7PS2. The van der Waals surface area contributed by atoms with E-state index >= 15 is 0 Å². The highest BCUT2D eigenvalue weighted by Crippen LogP contribution is 2.50. The molecular weight excluding hydrogens is 413 g/mol. The van der Waals surface area contributed by atoms with Gasteiger partial charge in [0.25, 0.3) is 0 Å². The topological polar surface area (TPSA) is 122 Å². The first-order valence-corrected chi connectivity index (χ1v) is 11.9. The summed E-state index contributed by atoms with van der Waals surface area (Å²) >= 11 is 6.63. The van der Waals surface area contributed by atoms with Crippen molar-refractivity contribution in [3.05, 3.63) is 24.3 Å². The maximum absolute atomic E-state index is 11.5. The van der Waals surface area contributed by atoms with Gasteiger partial charge >= 0.3 is 11.9 Å². The number of carbonyl (C=O) groups excluding carboxylic acids is 1. The minimum atomic E-state index is -2.49. The van der Waals surface area contributed by atoms with Crippen LogP contribution in [0.15, 0.2) is 29.2 Å². The number of rotatable bonds is 12. The summed E-state index contributed by atoms with van der Waals surface area (Å²) in [5, 5.41) is 20.1. The smallest absolute Gasteiger partial charge is 0.327 e. The summed E-state index contributed by atoms with van der Waals surface area (Å²) in [4.78, 5) is 34.1. The van der Waals surface area contributed by atoms with Crippen LogP contribution in [0.2, 0.25) is 0 Å². The molecule has 0 saturated heterocycles. The van der Waals surface area contributed by atoms with Crippen LogP contribution >= 0.6 is 18.3 Å². The Morgan fingerprint density at radius 3 is 2.48 bits per heavy atom. The van der Waals surface area contributed by atoms with Gasteiger partial charge in [-0.25, -0.2) is 4.79 Å².